The molecule has 0 aliphatic heterocycles. The van der Waals surface area contributed by atoms with Crippen LogP contribution in [-0.2, 0) is 19.6 Å². The highest BCUT2D eigenvalue weighted by Crippen LogP contribution is 2.59. The molecule has 30 heavy (non-hydrogen) atoms. The monoisotopic (exact) mass is 431 g/mol. The first-order chi connectivity index (χ1) is 14.3. The summed E-state index contributed by atoms with van der Waals surface area (Å²) < 4.78 is 27.6. The van der Waals surface area contributed by atoms with E-state index in [4.69, 9.17) is 5.73 Å². The molecule has 1 aromatic carbocycles. The highest BCUT2D eigenvalue weighted by Gasteiger charge is 2.58. The van der Waals surface area contributed by atoms with Crippen LogP contribution < -0.4 is 11.1 Å². The highest BCUT2D eigenvalue weighted by atomic mass is 32.2. The molecule has 5 fully saturated rings. The number of primary amides is 1. The molecule has 6 rings (SSSR count). The lowest BCUT2D eigenvalue weighted by molar-refractivity contribution is -0.147. The zero-order valence-corrected chi connectivity index (χ0v) is 17.8. The lowest BCUT2D eigenvalue weighted by Crippen LogP contribution is -2.62. The van der Waals surface area contributed by atoms with E-state index in [0.29, 0.717) is 5.92 Å². The predicted octanol–water partition coefficient (Wildman–Crippen LogP) is 1.64. The normalized spacial score (nSPS) is 34.8. The van der Waals surface area contributed by atoms with Gasteiger partial charge in [-0.2, -0.15) is 4.31 Å². The number of carbonyl (C=O) groups is 2. The Balaban J connectivity index is 1.30. The van der Waals surface area contributed by atoms with Crippen LogP contribution in [0.5, 0.6) is 0 Å². The van der Waals surface area contributed by atoms with Crippen molar-refractivity contribution < 1.29 is 18.0 Å². The van der Waals surface area contributed by atoms with Crippen LogP contribution in [0.2, 0.25) is 0 Å². The summed E-state index contributed by atoms with van der Waals surface area (Å²) in [5.41, 5.74) is 5.35. The van der Waals surface area contributed by atoms with E-state index < -0.39 is 15.4 Å². The first kappa shape index (κ1) is 20.0. The maximum absolute atomic E-state index is 13.1. The van der Waals surface area contributed by atoms with Gasteiger partial charge in [0.25, 0.3) is 0 Å². The Morgan fingerprint density at radius 2 is 1.70 bits per heavy atom. The zero-order chi connectivity index (χ0) is 21.1. The number of benzene rings is 1. The van der Waals surface area contributed by atoms with Crippen molar-refractivity contribution in [2.45, 2.75) is 61.9 Å². The molecule has 5 aliphatic carbocycles. The number of hydrogen-bond acceptors (Lipinski definition) is 4. The van der Waals surface area contributed by atoms with Gasteiger partial charge in [0.05, 0.1) is 11.4 Å². The van der Waals surface area contributed by atoms with Gasteiger partial charge in [0.2, 0.25) is 21.8 Å². The first-order valence-electron chi connectivity index (χ1n) is 10.9. The van der Waals surface area contributed by atoms with E-state index >= 15 is 0 Å². The van der Waals surface area contributed by atoms with Crippen LogP contribution in [0.4, 0.5) is 0 Å². The fraction of sp³-hybridized carbons (Fsp3) is 0.636. The average molecular weight is 432 g/mol. The SMILES string of the molecule is NC(=O)C12CC3CC(C1)C(NC(=O)CN(C1CC1)S(=O)(=O)c1ccccc1)C(C3)C2. The molecule has 0 radical (unpaired) electrons. The summed E-state index contributed by atoms with van der Waals surface area (Å²) in [6, 6.07) is 8.23. The lowest BCUT2D eigenvalue weighted by Gasteiger charge is -2.58. The van der Waals surface area contributed by atoms with Gasteiger partial charge in [-0.05, 0) is 74.8 Å². The molecule has 5 aliphatic rings. The van der Waals surface area contributed by atoms with E-state index in [1.807, 2.05) is 0 Å². The van der Waals surface area contributed by atoms with E-state index in [9.17, 15) is 18.0 Å². The molecule has 7 nitrogen and oxygen atoms in total. The first-order valence-corrected chi connectivity index (χ1v) is 12.4. The van der Waals surface area contributed by atoms with Gasteiger partial charge in [-0.3, -0.25) is 9.59 Å². The smallest absolute Gasteiger partial charge is 0.243 e. The Labute approximate surface area is 177 Å². The van der Waals surface area contributed by atoms with Crippen molar-refractivity contribution in [3.63, 3.8) is 0 Å². The number of nitrogens with two attached hydrogens (primary N) is 1. The molecule has 2 atom stereocenters. The zero-order valence-electron chi connectivity index (χ0n) is 17.0. The van der Waals surface area contributed by atoms with Crippen LogP contribution in [0.1, 0.15) is 44.9 Å². The van der Waals surface area contributed by atoms with Crippen LogP contribution in [0.3, 0.4) is 0 Å². The minimum Gasteiger partial charge on any atom is -0.369 e. The van der Waals surface area contributed by atoms with Crippen molar-refractivity contribution in [2.75, 3.05) is 6.54 Å². The standard InChI is InChI=1S/C22H29N3O4S/c23-21(27)22-10-14-8-15(11-22)20(16(9-14)12-22)24-19(26)13-25(17-6-7-17)30(28,29)18-4-2-1-3-5-18/h1-5,14-17,20H,6-13H2,(H2,23,27)(H,24,26). The maximum Gasteiger partial charge on any atom is 0.243 e. The number of hydrogen-bond donors (Lipinski definition) is 2. The van der Waals surface area contributed by atoms with Crippen LogP contribution >= 0.6 is 0 Å². The summed E-state index contributed by atoms with van der Waals surface area (Å²) in [6.45, 7) is -0.151. The maximum atomic E-state index is 13.1. The van der Waals surface area contributed by atoms with Crippen LogP contribution in [0.25, 0.3) is 0 Å². The summed E-state index contributed by atoms with van der Waals surface area (Å²) in [5, 5.41) is 3.16. The summed E-state index contributed by atoms with van der Waals surface area (Å²) in [5.74, 6) is 0.595. The van der Waals surface area contributed by atoms with E-state index in [1.165, 1.54) is 4.31 Å². The largest absolute Gasteiger partial charge is 0.369 e. The Morgan fingerprint density at radius 3 is 2.27 bits per heavy atom. The van der Waals surface area contributed by atoms with Gasteiger partial charge in [0, 0.05) is 17.5 Å². The predicted molar refractivity (Wildman–Crippen MR) is 110 cm³/mol. The summed E-state index contributed by atoms with van der Waals surface area (Å²) in [4.78, 5) is 25.3. The molecule has 0 saturated heterocycles. The van der Waals surface area contributed by atoms with Crippen molar-refractivity contribution in [1.82, 2.24) is 9.62 Å². The topological polar surface area (TPSA) is 110 Å². The third-order valence-electron chi connectivity index (χ3n) is 7.73. The molecule has 3 N–H and O–H groups in total. The number of carbonyl (C=O) groups excluding carboxylic acids is 2. The molecule has 0 heterocycles. The minimum absolute atomic E-state index is 0.0157. The van der Waals surface area contributed by atoms with E-state index in [-0.39, 0.29) is 47.2 Å². The molecule has 0 spiro atoms. The molecular formula is C22H29N3O4S. The van der Waals surface area contributed by atoms with Gasteiger partial charge in [-0.25, -0.2) is 8.42 Å². The third kappa shape index (κ3) is 3.34. The Kier molecular flexibility index (Phi) is 4.70. The van der Waals surface area contributed by atoms with Crippen molar-refractivity contribution in [2.24, 2.45) is 28.9 Å². The molecule has 2 amide bonds. The second kappa shape index (κ2) is 7.05. The van der Waals surface area contributed by atoms with Crippen molar-refractivity contribution in [1.29, 1.82) is 0 Å². The van der Waals surface area contributed by atoms with Crippen LogP contribution in [0.15, 0.2) is 35.2 Å². The fourth-order valence-corrected chi connectivity index (χ4v) is 8.10. The van der Waals surface area contributed by atoms with Gasteiger partial charge in [0.15, 0.2) is 0 Å². The second-order valence-electron chi connectivity index (χ2n) is 9.80. The quantitative estimate of drug-likeness (QED) is 0.684. The Bertz CT molecular complexity index is 944. The second-order valence-corrected chi connectivity index (χ2v) is 11.7. The van der Waals surface area contributed by atoms with Crippen LogP contribution in [-0.4, -0.2) is 43.2 Å². The van der Waals surface area contributed by atoms with E-state index in [0.717, 1.165) is 44.9 Å². The number of nitrogens with one attached hydrogen (secondary N) is 1. The third-order valence-corrected chi connectivity index (χ3v) is 9.64. The minimum atomic E-state index is -3.70. The summed E-state index contributed by atoms with van der Waals surface area (Å²) in [6.07, 6.45) is 5.99. The number of sulfonamides is 1. The molecule has 4 bridgehead atoms. The van der Waals surface area contributed by atoms with E-state index in [2.05, 4.69) is 5.32 Å². The Morgan fingerprint density at radius 1 is 1.07 bits per heavy atom. The molecule has 5 saturated carbocycles. The molecule has 2 unspecified atom stereocenters. The summed E-state index contributed by atoms with van der Waals surface area (Å²) in [7, 11) is -3.70. The number of nitrogens with zero attached hydrogens (tertiary/aromatic N) is 1. The average Bonchev–Trinajstić information content (AvgIpc) is 3.54. The van der Waals surface area contributed by atoms with Gasteiger partial charge >= 0.3 is 0 Å². The summed E-state index contributed by atoms with van der Waals surface area (Å²) >= 11 is 0. The Hall–Kier alpha value is -1.93. The molecular weight excluding hydrogens is 402 g/mol. The molecule has 162 valence electrons. The molecule has 0 aromatic heterocycles. The highest BCUT2D eigenvalue weighted by molar-refractivity contribution is 7.89. The van der Waals surface area contributed by atoms with Crippen molar-refractivity contribution >= 4 is 21.8 Å². The van der Waals surface area contributed by atoms with Gasteiger partial charge in [-0.15, -0.1) is 0 Å². The van der Waals surface area contributed by atoms with Crippen LogP contribution in [0, 0.1) is 23.2 Å². The van der Waals surface area contributed by atoms with Gasteiger partial charge in [-0.1, -0.05) is 18.2 Å². The molecule has 8 heteroatoms. The van der Waals surface area contributed by atoms with Gasteiger partial charge < -0.3 is 11.1 Å². The van der Waals surface area contributed by atoms with Crippen molar-refractivity contribution in [3.05, 3.63) is 30.3 Å². The number of amides is 2. The van der Waals surface area contributed by atoms with Crippen molar-refractivity contribution in [3.8, 4) is 0 Å². The fourth-order valence-electron chi connectivity index (χ4n) is 6.44. The van der Waals surface area contributed by atoms with E-state index in [1.54, 1.807) is 30.3 Å². The molecule has 1 aromatic rings. The lowest BCUT2D eigenvalue weighted by atomic mass is 9.47. The number of rotatable bonds is 7. The van der Waals surface area contributed by atoms with Gasteiger partial charge in [0.1, 0.15) is 0 Å².